The van der Waals surface area contributed by atoms with E-state index in [9.17, 15) is 9.18 Å². The van der Waals surface area contributed by atoms with Crippen LogP contribution in [0.5, 0.6) is 0 Å². The maximum Gasteiger partial charge on any atom is 0.271 e. The van der Waals surface area contributed by atoms with Gasteiger partial charge in [0.05, 0.1) is 0 Å². The minimum absolute atomic E-state index is 0.0169. The average Bonchev–Trinajstić information content (AvgIpc) is 2.98. The lowest BCUT2D eigenvalue weighted by Crippen LogP contribution is -2.37. The number of nitrogens with one attached hydrogen (secondary N) is 1. The van der Waals surface area contributed by atoms with Crippen LogP contribution in [0.1, 0.15) is 16.9 Å². The molecule has 0 radical (unpaired) electrons. The molecule has 0 bridgehead atoms. The van der Waals surface area contributed by atoms with Crippen LogP contribution >= 0.6 is 23.1 Å². The van der Waals surface area contributed by atoms with Gasteiger partial charge in [-0.2, -0.15) is 11.8 Å². The van der Waals surface area contributed by atoms with Crippen molar-refractivity contribution in [2.24, 2.45) is 0 Å². The molecule has 2 aromatic rings. The number of thioether (sulfide) groups is 1. The Bertz CT molecular complexity index is 628. The molecule has 118 valence electrons. The lowest BCUT2D eigenvalue weighted by molar-refractivity contribution is 0.0931. The number of halogens is 1. The Morgan fingerprint density at radius 2 is 2.27 bits per heavy atom. The summed E-state index contributed by atoms with van der Waals surface area (Å²) in [4.78, 5) is 16.4. The van der Waals surface area contributed by atoms with Gasteiger partial charge in [-0.05, 0) is 24.8 Å². The summed E-state index contributed by atoms with van der Waals surface area (Å²) in [7, 11) is 0. The molecule has 0 aliphatic heterocycles. The highest BCUT2D eigenvalue weighted by atomic mass is 32.2. The minimum Gasteiger partial charge on any atom is -0.396 e. The Kier molecular flexibility index (Phi) is 6.35. The van der Waals surface area contributed by atoms with Crippen LogP contribution in [-0.2, 0) is 0 Å². The number of aliphatic hydroxyl groups is 1. The normalized spacial score (nSPS) is 12.1. The molecule has 0 aliphatic carbocycles. The van der Waals surface area contributed by atoms with E-state index in [0.717, 1.165) is 5.75 Å². The summed E-state index contributed by atoms with van der Waals surface area (Å²) in [5.41, 5.74) is 0.662. The van der Waals surface area contributed by atoms with Crippen molar-refractivity contribution in [3.8, 4) is 10.6 Å². The van der Waals surface area contributed by atoms with Crippen LogP contribution in [0.15, 0.2) is 29.6 Å². The largest absolute Gasteiger partial charge is 0.396 e. The van der Waals surface area contributed by atoms with Crippen LogP contribution in [-0.4, -0.2) is 40.7 Å². The van der Waals surface area contributed by atoms with Gasteiger partial charge in [0.2, 0.25) is 0 Å². The molecule has 2 N–H and O–H groups in total. The predicted octanol–water partition coefficient (Wildman–Crippen LogP) is 2.79. The molecule has 1 amide bonds. The summed E-state index contributed by atoms with van der Waals surface area (Å²) >= 11 is 2.83. The quantitative estimate of drug-likeness (QED) is 0.814. The monoisotopic (exact) mass is 340 g/mol. The molecule has 22 heavy (non-hydrogen) atoms. The Balaban J connectivity index is 2.10. The van der Waals surface area contributed by atoms with Crippen molar-refractivity contribution >= 4 is 29.0 Å². The van der Waals surface area contributed by atoms with Crippen LogP contribution in [0.3, 0.4) is 0 Å². The van der Waals surface area contributed by atoms with E-state index in [4.69, 9.17) is 5.11 Å². The SMILES string of the molecule is CSCC(CCO)NC(=O)c1csc(-c2ccccc2F)n1. The number of rotatable bonds is 7. The highest BCUT2D eigenvalue weighted by molar-refractivity contribution is 7.98. The summed E-state index contributed by atoms with van der Waals surface area (Å²) < 4.78 is 13.7. The number of carbonyl (C=O) groups excluding carboxylic acids is 1. The van der Waals surface area contributed by atoms with Crippen molar-refractivity contribution in [1.29, 1.82) is 0 Å². The number of amides is 1. The maximum atomic E-state index is 13.7. The van der Waals surface area contributed by atoms with E-state index in [-0.39, 0.29) is 30.1 Å². The maximum absolute atomic E-state index is 13.7. The van der Waals surface area contributed by atoms with Gasteiger partial charge in [-0.1, -0.05) is 12.1 Å². The standard InChI is InChI=1S/C15H17FN2O2S2/c1-21-8-10(6-7-19)17-14(20)13-9-22-15(18-13)11-4-2-3-5-12(11)16/h2-5,9-10,19H,6-8H2,1H3,(H,17,20). The van der Waals surface area contributed by atoms with E-state index < -0.39 is 0 Å². The third-order valence-corrected chi connectivity index (χ3v) is 4.63. The molecular formula is C15H17FN2O2S2. The highest BCUT2D eigenvalue weighted by Crippen LogP contribution is 2.26. The Morgan fingerprint density at radius 3 is 2.95 bits per heavy atom. The van der Waals surface area contributed by atoms with Gasteiger partial charge in [-0.3, -0.25) is 4.79 Å². The molecule has 1 heterocycles. The van der Waals surface area contributed by atoms with Crippen LogP contribution < -0.4 is 5.32 Å². The number of thiazole rings is 1. The van der Waals surface area contributed by atoms with Gasteiger partial charge < -0.3 is 10.4 Å². The molecule has 1 unspecified atom stereocenters. The molecule has 0 aliphatic rings. The fourth-order valence-electron chi connectivity index (χ4n) is 1.95. The topological polar surface area (TPSA) is 62.2 Å². The molecule has 1 aromatic heterocycles. The van der Waals surface area contributed by atoms with Crippen LogP contribution in [0.4, 0.5) is 4.39 Å². The first-order valence-electron chi connectivity index (χ1n) is 6.76. The third kappa shape index (κ3) is 4.28. The fraction of sp³-hybridized carbons (Fsp3) is 0.333. The zero-order valence-electron chi connectivity index (χ0n) is 12.1. The number of nitrogens with zero attached hydrogens (tertiary/aromatic N) is 1. The molecule has 7 heteroatoms. The molecular weight excluding hydrogens is 323 g/mol. The van der Waals surface area contributed by atoms with E-state index in [1.165, 1.54) is 17.4 Å². The Labute approximate surface area is 136 Å². The van der Waals surface area contributed by atoms with E-state index in [2.05, 4.69) is 10.3 Å². The van der Waals surface area contributed by atoms with Crippen molar-refractivity contribution in [3.63, 3.8) is 0 Å². The van der Waals surface area contributed by atoms with Gasteiger partial charge >= 0.3 is 0 Å². The van der Waals surface area contributed by atoms with E-state index in [1.807, 2.05) is 6.26 Å². The van der Waals surface area contributed by atoms with Crippen molar-refractivity contribution in [2.45, 2.75) is 12.5 Å². The van der Waals surface area contributed by atoms with Gasteiger partial charge in [0.25, 0.3) is 5.91 Å². The number of hydrogen-bond acceptors (Lipinski definition) is 5. The third-order valence-electron chi connectivity index (χ3n) is 3.02. The Morgan fingerprint density at radius 1 is 1.50 bits per heavy atom. The molecule has 0 spiro atoms. The van der Waals surface area contributed by atoms with Crippen LogP contribution in [0.25, 0.3) is 10.6 Å². The van der Waals surface area contributed by atoms with Crippen LogP contribution in [0, 0.1) is 5.82 Å². The smallest absolute Gasteiger partial charge is 0.271 e. The number of aliphatic hydroxyl groups excluding tert-OH is 1. The van der Waals surface area contributed by atoms with Gasteiger partial charge in [-0.15, -0.1) is 11.3 Å². The average molecular weight is 340 g/mol. The van der Waals surface area contributed by atoms with E-state index in [0.29, 0.717) is 17.0 Å². The van der Waals surface area contributed by atoms with Crippen molar-refractivity contribution in [2.75, 3.05) is 18.6 Å². The summed E-state index contributed by atoms with van der Waals surface area (Å²) in [6.07, 6.45) is 2.44. The second-order valence-electron chi connectivity index (χ2n) is 4.66. The first-order chi connectivity index (χ1) is 10.7. The number of carbonyl (C=O) groups is 1. The van der Waals surface area contributed by atoms with Gasteiger partial charge in [0.15, 0.2) is 0 Å². The number of benzene rings is 1. The number of hydrogen-bond donors (Lipinski definition) is 2. The lowest BCUT2D eigenvalue weighted by Gasteiger charge is -2.15. The zero-order chi connectivity index (χ0) is 15.9. The first-order valence-corrected chi connectivity index (χ1v) is 9.04. The van der Waals surface area contributed by atoms with Crippen molar-refractivity contribution in [3.05, 3.63) is 41.2 Å². The van der Waals surface area contributed by atoms with Crippen molar-refractivity contribution < 1.29 is 14.3 Å². The van der Waals surface area contributed by atoms with E-state index in [1.54, 1.807) is 35.3 Å². The summed E-state index contributed by atoms with van der Waals surface area (Å²) in [5, 5.41) is 14.0. The van der Waals surface area contributed by atoms with E-state index >= 15 is 0 Å². The molecule has 0 saturated carbocycles. The molecule has 2 rings (SSSR count). The Hall–Kier alpha value is -1.44. The molecule has 0 saturated heterocycles. The van der Waals surface area contributed by atoms with Gasteiger partial charge in [0, 0.05) is 29.3 Å². The predicted molar refractivity (Wildman–Crippen MR) is 88.8 cm³/mol. The molecule has 4 nitrogen and oxygen atoms in total. The molecule has 1 aromatic carbocycles. The van der Waals surface area contributed by atoms with Crippen LogP contribution in [0.2, 0.25) is 0 Å². The summed E-state index contributed by atoms with van der Waals surface area (Å²) in [6.45, 7) is 0.0169. The second kappa shape index (κ2) is 8.26. The lowest BCUT2D eigenvalue weighted by atomic mass is 10.2. The highest BCUT2D eigenvalue weighted by Gasteiger charge is 2.17. The molecule has 0 fully saturated rings. The summed E-state index contributed by atoms with van der Waals surface area (Å²) in [6, 6.07) is 6.24. The fourth-order valence-corrected chi connectivity index (χ4v) is 3.43. The van der Waals surface area contributed by atoms with Crippen molar-refractivity contribution in [1.82, 2.24) is 10.3 Å². The first kappa shape index (κ1) is 16.9. The number of aromatic nitrogens is 1. The minimum atomic E-state index is -0.357. The zero-order valence-corrected chi connectivity index (χ0v) is 13.7. The summed E-state index contributed by atoms with van der Waals surface area (Å²) in [5.74, 6) is 0.0621. The second-order valence-corrected chi connectivity index (χ2v) is 6.42. The molecule has 1 atom stereocenters. The van der Waals surface area contributed by atoms with Gasteiger partial charge in [0.1, 0.15) is 16.5 Å². The van der Waals surface area contributed by atoms with Gasteiger partial charge in [-0.25, -0.2) is 9.37 Å².